The summed E-state index contributed by atoms with van der Waals surface area (Å²) in [6, 6.07) is 11.4. The van der Waals surface area contributed by atoms with Crippen LogP contribution in [0, 0.1) is 6.92 Å². The van der Waals surface area contributed by atoms with Crippen LogP contribution in [0.3, 0.4) is 0 Å². The first-order valence-corrected chi connectivity index (χ1v) is 9.82. The van der Waals surface area contributed by atoms with Gasteiger partial charge in [0.1, 0.15) is 0 Å². The van der Waals surface area contributed by atoms with E-state index in [-0.39, 0.29) is 11.6 Å². The predicted molar refractivity (Wildman–Crippen MR) is 116 cm³/mol. The van der Waals surface area contributed by atoms with Crippen molar-refractivity contribution in [3.05, 3.63) is 76.0 Å². The van der Waals surface area contributed by atoms with E-state index in [1.54, 1.807) is 12.4 Å². The zero-order chi connectivity index (χ0) is 21.1. The van der Waals surface area contributed by atoms with Crippen LogP contribution in [-0.2, 0) is 18.0 Å². The molecule has 4 aromatic rings. The van der Waals surface area contributed by atoms with Gasteiger partial charge in [0.25, 0.3) is 5.56 Å². The van der Waals surface area contributed by atoms with Gasteiger partial charge in [0.15, 0.2) is 11.6 Å². The molecule has 154 valence electrons. The number of pyridine rings is 1. The number of nitrogens with zero attached hydrogens (tertiary/aromatic N) is 4. The molecule has 4 rings (SSSR count). The van der Waals surface area contributed by atoms with Gasteiger partial charge >= 0.3 is 0 Å². The first-order valence-electron chi connectivity index (χ1n) is 9.82. The van der Waals surface area contributed by atoms with Gasteiger partial charge in [-0.2, -0.15) is 10.2 Å². The van der Waals surface area contributed by atoms with Crippen LogP contribution in [-0.4, -0.2) is 25.0 Å². The maximum atomic E-state index is 13.0. The van der Waals surface area contributed by atoms with Gasteiger partial charge in [-0.15, -0.1) is 0 Å². The molecule has 0 bridgehead atoms. The summed E-state index contributed by atoms with van der Waals surface area (Å²) in [6.45, 7) is 6.66. The van der Waals surface area contributed by atoms with E-state index in [0.717, 1.165) is 22.2 Å². The van der Waals surface area contributed by atoms with Crippen molar-refractivity contribution in [2.45, 2.75) is 40.0 Å². The number of hydrogen-bond donors (Lipinski definition) is 2. The van der Waals surface area contributed by atoms with Crippen molar-refractivity contribution in [2.75, 3.05) is 5.32 Å². The fourth-order valence-electron chi connectivity index (χ4n) is 3.21. The number of aromatic amines is 1. The van der Waals surface area contributed by atoms with Crippen molar-refractivity contribution < 1.29 is 4.74 Å². The molecule has 0 aliphatic rings. The molecule has 0 aliphatic heterocycles. The van der Waals surface area contributed by atoms with Gasteiger partial charge in [0.05, 0.1) is 24.6 Å². The van der Waals surface area contributed by atoms with Crippen LogP contribution < -0.4 is 10.9 Å². The van der Waals surface area contributed by atoms with E-state index in [0.29, 0.717) is 30.2 Å². The summed E-state index contributed by atoms with van der Waals surface area (Å²) < 4.78 is 7.30. The van der Waals surface area contributed by atoms with Crippen LogP contribution in [0.4, 0.5) is 11.6 Å². The molecule has 3 heterocycles. The molecule has 8 nitrogen and oxygen atoms in total. The van der Waals surface area contributed by atoms with Crippen LogP contribution in [0.2, 0.25) is 0 Å². The summed E-state index contributed by atoms with van der Waals surface area (Å²) in [4.78, 5) is 17.1. The van der Waals surface area contributed by atoms with Crippen molar-refractivity contribution in [3.8, 4) is 0 Å². The molecule has 0 amide bonds. The number of aromatic nitrogens is 5. The summed E-state index contributed by atoms with van der Waals surface area (Å²) in [6.07, 6.45) is 3.51. The summed E-state index contributed by atoms with van der Waals surface area (Å²) in [5.74, 6) is 1.24. The Hall–Kier alpha value is -3.52. The molecule has 0 unspecified atom stereocenters. The number of hydrogen-bond acceptors (Lipinski definition) is 6. The number of nitrogens with one attached hydrogen (secondary N) is 2. The topological polar surface area (TPSA) is 97.7 Å². The lowest BCUT2D eigenvalue weighted by Crippen LogP contribution is -2.26. The van der Waals surface area contributed by atoms with Gasteiger partial charge in [0, 0.05) is 29.5 Å². The third-order valence-electron chi connectivity index (χ3n) is 4.69. The maximum absolute atomic E-state index is 13.0. The van der Waals surface area contributed by atoms with E-state index < -0.39 is 0 Å². The predicted octanol–water partition coefficient (Wildman–Crippen LogP) is 3.86. The van der Waals surface area contributed by atoms with Crippen molar-refractivity contribution in [1.82, 2.24) is 25.0 Å². The minimum atomic E-state index is -0.127. The first kappa shape index (κ1) is 19.8. The number of fused-ring (bicyclic) bond motifs is 1. The van der Waals surface area contributed by atoms with Crippen LogP contribution in [0.1, 0.15) is 36.7 Å². The minimum Gasteiger partial charge on any atom is -0.372 e. The third-order valence-corrected chi connectivity index (χ3v) is 4.69. The Balaban J connectivity index is 1.65. The highest BCUT2D eigenvalue weighted by Gasteiger charge is 2.14. The normalized spacial score (nSPS) is 11.3. The van der Waals surface area contributed by atoms with E-state index >= 15 is 0 Å². The van der Waals surface area contributed by atoms with Crippen LogP contribution in [0.25, 0.3) is 10.8 Å². The van der Waals surface area contributed by atoms with Crippen molar-refractivity contribution in [3.63, 3.8) is 0 Å². The lowest BCUT2D eigenvalue weighted by Gasteiger charge is -2.14. The van der Waals surface area contributed by atoms with Gasteiger partial charge in [-0.05, 0) is 44.0 Å². The highest BCUT2D eigenvalue weighted by molar-refractivity contribution is 5.92. The summed E-state index contributed by atoms with van der Waals surface area (Å²) in [5.41, 5.74) is 2.74. The SMILES string of the molecule is Cc1cc(Nc2nn(C(C)C)c(=O)c3cc(COCc4cccnc4)ccc23)n[nH]1. The fraction of sp³-hybridized carbons (Fsp3) is 0.273. The van der Waals surface area contributed by atoms with E-state index in [4.69, 9.17) is 4.74 Å². The highest BCUT2D eigenvalue weighted by atomic mass is 16.5. The molecule has 30 heavy (non-hydrogen) atoms. The lowest BCUT2D eigenvalue weighted by atomic mass is 10.1. The third kappa shape index (κ3) is 4.23. The molecule has 8 heteroatoms. The molecular weight excluding hydrogens is 380 g/mol. The maximum Gasteiger partial charge on any atom is 0.275 e. The molecule has 1 aromatic carbocycles. The molecule has 0 spiro atoms. The van der Waals surface area contributed by atoms with Crippen LogP contribution in [0.5, 0.6) is 0 Å². The minimum absolute atomic E-state index is 0.0751. The Morgan fingerprint density at radius 1 is 1.13 bits per heavy atom. The standard InChI is InChI=1S/C22H24N6O2/c1-14(2)28-22(29)19-10-16(12-30-13-17-5-4-8-23-11-17)6-7-18(19)21(27-28)24-20-9-15(3)25-26-20/h4-11,14H,12-13H2,1-3H3,(H2,24,25,26,27). The Morgan fingerprint density at radius 2 is 1.97 bits per heavy atom. The quantitative estimate of drug-likeness (QED) is 0.485. The zero-order valence-corrected chi connectivity index (χ0v) is 17.2. The summed E-state index contributed by atoms with van der Waals surface area (Å²) >= 11 is 0. The average Bonchev–Trinajstić information content (AvgIpc) is 3.15. The number of aryl methyl sites for hydroxylation is 1. The Labute approximate surface area is 173 Å². The molecule has 0 fully saturated rings. The lowest BCUT2D eigenvalue weighted by molar-refractivity contribution is 0.107. The number of ether oxygens (including phenoxy) is 1. The fourth-order valence-corrected chi connectivity index (χ4v) is 3.21. The number of rotatable bonds is 7. The second-order valence-corrected chi connectivity index (χ2v) is 7.49. The Bertz CT molecular complexity index is 1210. The van der Waals surface area contributed by atoms with Crippen LogP contribution >= 0.6 is 0 Å². The van der Waals surface area contributed by atoms with Crippen LogP contribution in [0.15, 0.2) is 53.6 Å². The van der Waals surface area contributed by atoms with E-state index in [1.165, 1.54) is 4.68 Å². The summed E-state index contributed by atoms with van der Waals surface area (Å²) in [5, 5.41) is 16.2. The van der Waals surface area contributed by atoms with Crippen molar-refractivity contribution in [1.29, 1.82) is 0 Å². The van der Waals surface area contributed by atoms with Crippen molar-refractivity contribution >= 4 is 22.4 Å². The van der Waals surface area contributed by atoms with Gasteiger partial charge in [0.2, 0.25) is 0 Å². The van der Waals surface area contributed by atoms with E-state index in [2.05, 4.69) is 25.6 Å². The Kier molecular flexibility index (Phi) is 5.58. The monoisotopic (exact) mass is 404 g/mol. The second-order valence-electron chi connectivity index (χ2n) is 7.49. The molecule has 0 saturated heterocycles. The van der Waals surface area contributed by atoms with Gasteiger partial charge in [-0.1, -0.05) is 18.2 Å². The van der Waals surface area contributed by atoms with Gasteiger partial charge in [-0.3, -0.25) is 14.9 Å². The molecule has 0 atom stereocenters. The summed E-state index contributed by atoms with van der Waals surface area (Å²) in [7, 11) is 0. The number of anilines is 2. The highest BCUT2D eigenvalue weighted by Crippen LogP contribution is 2.24. The number of benzene rings is 1. The van der Waals surface area contributed by atoms with E-state index in [9.17, 15) is 4.79 Å². The molecular formula is C22H24N6O2. The first-order chi connectivity index (χ1) is 14.5. The zero-order valence-electron chi connectivity index (χ0n) is 17.2. The van der Waals surface area contributed by atoms with E-state index in [1.807, 2.05) is 57.2 Å². The second kappa shape index (κ2) is 8.46. The molecule has 2 N–H and O–H groups in total. The average molecular weight is 404 g/mol. The molecule has 0 radical (unpaired) electrons. The molecule has 0 aliphatic carbocycles. The molecule has 0 saturated carbocycles. The smallest absolute Gasteiger partial charge is 0.275 e. The number of H-pyrrole nitrogens is 1. The van der Waals surface area contributed by atoms with Gasteiger partial charge in [-0.25, -0.2) is 4.68 Å². The molecule has 3 aromatic heterocycles. The van der Waals surface area contributed by atoms with Gasteiger partial charge < -0.3 is 10.1 Å². The Morgan fingerprint density at radius 3 is 2.67 bits per heavy atom. The van der Waals surface area contributed by atoms with Crippen molar-refractivity contribution in [2.24, 2.45) is 0 Å². The largest absolute Gasteiger partial charge is 0.372 e.